The van der Waals surface area contributed by atoms with Crippen molar-refractivity contribution in [1.29, 1.82) is 0 Å². The van der Waals surface area contributed by atoms with Crippen LogP contribution in [0.3, 0.4) is 0 Å². The van der Waals surface area contributed by atoms with E-state index in [9.17, 15) is 0 Å². The lowest BCUT2D eigenvalue weighted by Crippen LogP contribution is -2.31. The van der Waals surface area contributed by atoms with Gasteiger partial charge in [-0.05, 0) is 26.5 Å². The van der Waals surface area contributed by atoms with Gasteiger partial charge in [-0.1, -0.05) is 6.92 Å². The van der Waals surface area contributed by atoms with Gasteiger partial charge in [0.2, 0.25) is 0 Å². The number of hydrogen-bond donors (Lipinski definition) is 1. The number of likely N-dealkylation sites (N-methyl/N-ethyl adjacent to an activating group) is 1. The van der Waals surface area contributed by atoms with Gasteiger partial charge in [-0.2, -0.15) is 5.10 Å². The monoisotopic (exact) mass is 268 g/mol. The molecular formula is C14H28N4O. The van der Waals surface area contributed by atoms with E-state index in [1.54, 1.807) is 7.11 Å². The quantitative estimate of drug-likeness (QED) is 0.653. The van der Waals surface area contributed by atoms with Crippen molar-refractivity contribution < 1.29 is 4.74 Å². The third-order valence-electron chi connectivity index (χ3n) is 3.36. The molecule has 0 saturated heterocycles. The molecule has 1 aromatic heterocycles. The minimum atomic E-state index is 0.480. The maximum absolute atomic E-state index is 5.05. The van der Waals surface area contributed by atoms with Gasteiger partial charge in [0.25, 0.3) is 0 Å². The first-order valence-corrected chi connectivity index (χ1v) is 7.09. The molecule has 0 amide bonds. The van der Waals surface area contributed by atoms with Gasteiger partial charge in [0, 0.05) is 45.5 Å². The first kappa shape index (κ1) is 16.1. The van der Waals surface area contributed by atoms with Crippen LogP contribution in [0.25, 0.3) is 0 Å². The van der Waals surface area contributed by atoms with Crippen molar-refractivity contribution in [1.82, 2.24) is 20.0 Å². The number of rotatable bonds is 10. The van der Waals surface area contributed by atoms with Crippen molar-refractivity contribution in [2.75, 3.05) is 40.4 Å². The Morgan fingerprint density at radius 3 is 2.95 bits per heavy atom. The topological polar surface area (TPSA) is 42.3 Å². The maximum Gasteiger partial charge on any atom is 0.0762 e. The second-order valence-electron chi connectivity index (χ2n) is 5.02. The fourth-order valence-electron chi connectivity index (χ4n) is 1.75. The van der Waals surface area contributed by atoms with Gasteiger partial charge in [-0.15, -0.1) is 0 Å². The highest BCUT2D eigenvalue weighted by Crippen LogP contribution is 2.08. The molecule has 1 unspecified atom stereocenters. The Morgan fingerprint density at radius 2 is 2.26 bits per heavy atom. The normalized spacial score (nSPS) is 13.1. The van der Waals surface area contributed by atoms with E-state index in [0.29, 0.717) is 6.04 Å². The predicted molar refractivity (Wildman–Crippen MR) is 78.3 cm³/mol. The summed E-state index contributed by atoms with van der Waals surface area (Å²) < 4.78 is 7.09. The molecule has 0 fully saturated rings. The summed E-state index contributed by atoms with van der Waals surface area (Å²) in [6.45, 7) is 8.96. The molecule has 19 heavy (non-hydrogen) atoms. The molecule has 0 spiro atoms. The van der Waals surface area contributed by atoms with Gasteiger partial charge in [0.1, 0.15) is 0 Å². The molecule has 1 heterocycles. The third kappa shape index (κ3) is 6.18. The molecule has 0 aromatic carbocycles. The Balaban J connectivity index is 2.17. The largest absolute Gasteiger partial charge is 0.383 e. The summed E-state index contributed by atoms with van der Waals surface area (Å²) in [5.41, 5.74) is 1.11. The van der Waals surface area contributed by atoms with Crippen molar-refractivity contribution in [3.8, 4) is 0 Å². The van der Waals surface area contributed by atoms with E-state index in [0.717, 1.165) is 44.9 Å². The van der Waals surface area contributed by atoms with E-state index in [2.05, 4.69) is 48.5 Å². The molecule has 5 heteroatoms. The second-order valence-corrected chi connectivity index (χ2v) is 5.02. The highest BCUT2D eigenvalue weighted by Gasteiger charge is 2.04. The molecule has 0 saturated carbocycles. The minimum absolute atomic E-state index is 0.480. The van der Waals surface area contributed by atoms with Gasteiger partial charge in [0.05, 0.1) is 12.3 Å². The summed E-state index contributed by atoms with van der Waals surface area (Å²) in [7, 11) is 3.85. The highest BCUT2D eigenvalue weighted by molar-refractivity contribution is 4.99. The number of ether oxygens (including phenoxy) is 1. The Labute approximate surface area is 116 Å². The van der Waals surface area contributed by atoms with Crippen LogP contribution in [0.15, 0.2) is 12.3 Å². The third-order valence-corrected chi connectivity index (χ3v) is 3.36. The van der Waals surface area contributed by atoms with Crippen LogP contribution >= 0.6 is 0 Å². The molecule has 1 aromatic rings. The van der Waals surface area contributed by atoms with Crippen LogP contribution in [0.4, 0.5) is 0 Å². The number of hydrogen-bond acceptors (Lipinski definition) is 4. The molecule has 1 rings (SSSR count). The summed E-state index contributed by atoms with van der Waals surface area (Å²) in [5, 5.41) is 7.99. The highest BCUT2D eigenvalue weighted by atomic mass is 16.5. The number of nitrogens with zero attached hydrogens (tertiary/aromatic N) is 3. The first-order chi connectivity index (χ1) is 9.17. The van der Waals surface area contributed by atoms with Crippen molar-refractivity contribution in [2.24, 2.45) is 0 Å². The zero-order valence-corrected chi connectivity index (χ0v) is 12.7. The average Bonchev–Trinajstić information content (AvgIpc) is 2.89. The van der Waals surface area contributed by atoms with Crippen LogP contribution in [-0.2, 0) is 11.3 Å². The molecule has 0 aliphatic heterocycles. The summed E-state index contributed by atoms with van der Waals surface area (Å²) in [6.07, 6.45) is 3.18. The molecule has 0 aliphatic rings. The van der Waals surface area contributed by atoms with E-state index in [1.807, 2.05) is 4.68 Å². The zero-order chi connectivity index (χ0) is 14.1. The Bertz CT molecular complexity index is 340. The fourth-order valence-corrected chi connectivity index (χ4v) is 1.75. The minimum Gasteiger partial charge on any atom is -0.383 e. The molecule has 110 valence electrons. The van der Waals surface area contributed by atoms with Crippen LogP contribution < -0.4 is 5.32 Å². The Morgan fingerprint density at radius 1 is 1.47 bits per heavy atom. The van der Waals surface area contributed by atoms with E-state index in [-0.39, 0.29) is 0 Å². The molecule has 1 atom stereocenters. The van der Waals surface area contributed by atoms with E-state index < -0.39 is 0 Å². The first-order valence-electron chi connectivity index (χ1n) is 7.09. The molecule has 0 aliphatic carbocycles. The lowest BCUT2D eigenvalue weighted by Gasteiger charge is -2.15. The lowest BCUT2D eigenvalue weighted by atomic mass is 10.3. The Kier molecular flexibility index (Phi) is 7.70. The molecule has 1 N–H and O–H groups in total. The summed E-state index contributed by atoms with van der Waals surface area (Å²) in [4.78, 5) is 2.26. The summed E-state index contributed by atoms with van der Waals surface area (Å²) in [5.74, 6) is 0. The lowest BCUT2D eigenvalue weighted by molar-refractivity contribution is 0.161. The zero-order valence-electron chi connectivity index (χ0n) is 12.7. The van der Waals surface area contributed by atoms with Crippen molar-refractivity contribution in [3.63, 3.8) is 0 Å². The fraction of sp³-hybridized carbons (Fsp3) is 0.786. The smallest absolute Gasteiger partial charge is 0.0762 e. The summed E-state index contributed by atoms with van der Waals surface area (Å²) in [6, 6.07) is 2.57. The maximum atomic E-state index is 5.05. The van der Waals surface area contributed by atoms with Gasteiger partial charge in [-0.25, -0.2) is 0 Å². The van der Waals surface area contributed by atoms with E-state index >= 15 is 0 Å². The van der Waals surface area contributed by atoms with Gasteiger partial charge >= 0.3 is 0 Å². The Hall–Kier alpha value is -0.910. The van der Waals surface area contributed by atoms with Gasteiger partial charge in [0.15, 0.2) is 0 Å². The van der Waals surface area contributed by atoms with Crippen LogP contribution in [0.1, 0.15) is 32.0 Å². The average molecular weight is 268 g/mol. The number of aromatic nitrogens is 2. The van der Waals surface area contributed by atoms with Crippen molar-refractivity contribution in [2.45, 2.75) is 32.9 Å². The van der Waals surface area contributed by atoms with E-state index in [4.69, 9.17) is 4.74 Å². The SMILES string of the molecule is CCC(C)n1ccc(CNCCN(C)CCOC)n1. The summed E-state index contributed by atoms with van der Waals surface area (Å²) >= 11 is 0. The van der Waals surface area contributed by atoms with Crippen LogP contribution in [0.5, 0.6) is 0 Å². The predicted octanol–water partition coefficient (Wildman–Crippen LogP) is 1.52. The van der Waals surface area contributed by atoms with Crippen LogP contribution in [-0.4, -0.2) is 55.1 Å². The van der Waals surface area contributed by atoms with Crippen LogP contribution in [0.2, 0.25) is 0 Å². The second kappa shape index (κ2) is 9.07. The molecular weight excluding hydrogens is 240 g/mol. The van der Waals surface area contributed by atoms with Crippen molar-refractivity contribution >= 4 is 0 Å². The molecule has 0 radical (unpaired) electrons. The van der Waals surface area contributed by atoms with Gasteiger partial charge in [-0.3, -0.25) is 4.68 Å². The van der Waals surface area contributed by atoms with Crippen molar-refractivity contribution in [3.05, 3.63) is 18.0 Å². The van der Waals surface area contributed by atoms with Gasteiger partial charge < -0.3 is 15.0 Å². The standard InChI is InChI=1S/C14H28N4O/c1-5-13(2)18-8-6-14(16-18)12-15-7-9-17(3)10-11-19-4/h6,8,13,15H,5,7,9-12H2,1-4H3. The number of nitrogens with one attached hydrogen (secondary N) is 1. The van der Waals surface area contributed by atoms with Crippen LogP contribution in [0, 0.1) is 0 Å². The van der Waals surface area contributed by atoms with E-state index in [1.165, 1.54) is 0 Å². The molecule has 5 nitrogen and oxygen atoms in total. The number of methoxy groups -OCH3 is 1. The molecule has 0 bridgehead atoms.